The summed E-state index contributed by atoms with van der Waals surface area (Å²) in [7, 11) is 0. The third-order valence-electron chi connectivity index (χ3n) is 11.8. The Balaban J connectivity index is 2.36. The second kappa shape index (κ2) is 37.5. The lowest BCUT2D eigenvalue weighted by Gasteiger charge is -2.43. The molecule has 0 spiro atoms. The van der Waals surface area contributed by atoms with Crippen LogP contribution in [-0.4, -0.2) is 119 Å². The monoisotopic (exact) mass is 901 g/mol. The highest BCUT2D eigenvalue weighted by Crippen LogP contribution is 2.24. The Morgan fingerprint density at radius 1 is 0.651 bits per heavy atom. The minimum Gasteiger partial charge on any atom is -0.394 e. The van der Waals surface area contributed by atoms with Gasteiger partial charge in [-0.05, 0) is 26.2 Å². The van der Waals surface area contributed by atoms with Gasteiger partial charge in [-0.15, -0.1) is 0 Å². The van der Waals surface area contributed by atoms with Crippen LogP contribution in [-0.2, 0) is 38.2 Å². The number of aliphatic hydroxyl groups is 4. The van der Waals surface area contributed by atoms with Crippen molar-refractivity contribution in [1.82, 2.24) is 16.0 Å². The SMILES string of the molecule is CCCCCCCCCCCCCCCCCCCCCC(=O)OC(=O)CC[C@@H](NC(=O)[C@H](CO)NCC(C)O[C@H]1[C@H](O)[C@@H](CO)O[C@H](O)[C@@H]1NC(=O)CCCCCCC)C(N)=O. The van der Waals surface area contributed by atoms with Crippen LogP contribution in [0.2, 0.25) is 0 Å². The van der Waals surface area contributed by atoms with Gasteiger partial charge in [-0.2, -0.15) is 0 Å². The van der Waals surface area contributed by atoms with Gasteiger partial charge in [-0.3, -0.25) is 24.0 Å². The molecule has 1 fully saturated rings. The standard InChI is InChI=1S/C47H88N4O12/c1-4-6-8-10-11-12-13-14-15-16-17-18-19-20-21-22-23-25-27-29-40(55)63-41(56)31-30-36(45(48)58)50-46(59)37(33-52)49-32-35(3)61-44-42(47(60)62-38(34-53)43(44)57)51-39(54)28-26-24-9-7-5-2/h35-38,42-44,47,49,52-53,57,60H,4-34H2,1-3H3,(H2,48,58)(H,50,59)(H,51,54)/t35?,36-,37+,38-,42-,43-,44-,47+/m1/s1. The Morgan fingerprint density at radius 3 is 1.57 bits per heavy atom. The number of carbonyl (C=O) groups excluding carboxylic acids is 5. The quantitative estimate of drug-likeness (QED) is 0.0222. The second-order valence-corrected chi connectivity index (χ2v) is 17.5. The number of carbonyl (C=O) groups is 5. The zero-order valence-corrected chi connectivity index (χ0v) is 39.2. The number of esters is 2. The molecule has 0 bridgehead atoms. The predicted octanol–water partition coefficient (Wildman–Crippen LogP) is 5.27. The summed E-state index contributed by atoms with van der Waals surface area (Å²) in [5.74, 6) is -3.57. The Kier molecular flexibility index (Phi) is 34.7. The van der Waals surface area contributed by atoms with E-state index in [4.69, 9.17) is 19.9 Å². The molecule has 1 aliphatic rings. The van der Waals surface area contributed by atoms with E-state index in [1.807, 2.05) is 0 Å². The Morgan fingerprint density at radius 2 is 1.11 bits per heavy atom. The van der Waals surface area contributed by atoms with Crippen LogP contribution in [0.5, 0.6) is 0 Å². The highest BCUT2D eigenvalue weighted by Gasteiger charge is 2.46. The molecular weight excluding hydrogens is 813 g/mol. The number of nitrogens with two attached hydrogens (primary N) is 1. The van der Waals surface area contributed by atoms with Crippen LogP contribution >= 0.6 is 0 Å². The van der Waals surface area contributed by atoms with E-state index >= 15 is 0 Å². The first-order chi connectivity index (χ1) is 30.4. The minimum atomic E-state index is -1.58. The maximum absolute atomic E-state index is 13.0. The molecule has 8 atom stereocenters. The van der Waals surface area contributed by atoms with E-state index in [0.717, 1.165) is 44.9 Å². The summed E-state index contributed by atoms with van der Waals surface area (Å²) >= 11 is 0. The van der Waals surface area contributed by atoms with Crippen molar-refractivity contribution in [2.45, 2.75) is 249 Å². The van der Waals surface area contributed by atoms with E-state index in [1.165, 1.54) is 96.3 Å². The lowest BCUT2D eigenvalue weighted by Crippen LogP contribution is -2.65. The number of hydrogen-bond acceptors (Lipinski definition) is 13. The molecule has 9 N–H and O–H groups in total. The van der Waals surface area contributed by atoms with Crippen molar-refractivity contribution < 1.29 is 58.6 Å². The first-order valence-corrected chi connectivity index (χ1v) is 24.6. The molecule has 0 aliphatic carbocycles. The zero-order chi connectivity index (χ0) is 46.7. The maximum Gasteiger partial charge on any atom is 0.313 e. The molecule has 1 heterocycles. The van der Waals surface area contributed by atoms with Gasteiger partial charge in [0.05, 0.1) is 19.3 Å². The van der Waals surface area contributed by atoms with Crippen LogP contribution in [0, 0.1) is 0 Å². The second-order valence-electron chi connectivity index (χ2n) is 17.5. The van der Waals surface area contributed by atoms with Gasteiger partial charge in [0.15, 0.2) is 6.29 Å². The average molecular weight is 901 g/mol. The Labute approximate surface area is 378 Å². The topological polar surface area (TPSA) is 256 Å². The Bertz CT molecular complexity index is 1230. The number of primary amides is 1. The molecule has 1 rings (SSSR count). The predicted molar refractivity (Wildman–Crippen MR) is 242 cm³/mol. The molecule has 16 heteroatoms. The van der Waals surface area contributed by atoms with E-state index in [1.54, 1.807) is 6.92 Å². The molecule has 3 amide bonds. The van der Waals surface area contributed by atoms with E-state index in [2.05, 4.69) is 29.8 Å². The lowest BCUT2D eigenvalue weighted by molar-refractivity contribution is -0.267. The number of hydrogen-bond donors (Lipinski definition) is 8. The number of amides is 3. The smallest absolute Gasteiger partial charge is 0.313 e. The molecule has 0 radical (unpaired) electrons. The van der Waals surface area contributed by atoms with Crippen LogP contribution in [0.3, 0.4) is 0 Å². The van der Waals surface area contributed by atoms with Crippen molar-refractivity contribution in [3.05, 3.63) is 0 Å². The van der Waals surface area contributed by atoms with E-state index in [0.29, 0.717) is 12.8 Å². The fourth-order valence-corrected chi connectivity index (χ4v) is 7.81. The van der Waals surface area contributed by atoms with Crippen LogP contribution in [0.25, 0.3) is 0 Å². The fourth-order valence-electron chi connectivity index (χ4n) is 7.81. The van der Waals surface area contributed by atoms with Gasteiger partial charge in [0, 0.05) is 25.8 Å². The van der Waals surface area contributed by atoms with Crippen molar-refractivity contribution in [3.63, 3.8) is 0 Å². The van der Waals surface area contributed by atoms with Crippen molar-refractivity contribution in [2.24, 2.45) is 5.73 Å². The number of unbranched alkanes of at least 4 members (excludes halogenated alkanes) is 22. The zero-order valence-electron chi connectivity index (χ0n) is 39.2. The van der Waals surface area contributed by atoms with Gasteiger partial charge in [-0.1, -0.05) is 155 Å². The van der Waals surface area contributed by atoms with Crippen LogP contribution in [0.1, 0.15) is 201 Å². The fraction of sp³-hybridized carbons (Fsp3) is 0.894. The summed E-state index contributed by atoms with van der Waals surface area (Å²) in [6, 6.07) is -3.71. The van der Waals surface area contributed by atoms with Gasteiger partial charge in [0.2, 0.25) is 17.7 Å². The van der Waals surface area contributed by atoms with E-state index in [9.17, 15) is 44.4 Å². The van der Waals surface area contributed by atoms with Gasteiger partial charge < -0.3 is 56.3 Å². The summed E-state index contributed by atoms with van der Waals surface area (Å²) in [5, 5.41) is 49.1. The molecule has 0 aromatic heterocycles. The first kappa shape index (κ1) is 58.3. The highest BCUT2D eigenvalue weighted by molar-refractivity contribution is 5.90. The van der Waals surface area contributed by atoms with Crippen LogP contribution in [0.4, 0.5) is 0 Å². The van der Waals surface area contributed by atoms with Crippen molar-refractivity contribution in [1.29, 1.82) is 0 Å². The summed E-state index contributed by atoms with van der Waals surface area (Å²) < 4.78 is 16.2. The molecular formula is C47H88N4O12. The molecule has 368 valence electrons. The third-order valence-corrected chi connectivity index (χ3v) is 11.8. The van der Waals surface area contributed by atoms with Crippen LogP contribution in [0.15, 0.2) is 0 Å². The van der Waals surface area contributed by atoms with Gasteiger partial charge >= 0.3 is 11.9 Å². The normalized spacial score (nSPS) is 20.1. The number of ether oxygens (including phenoxy) is 3. The number of rotatable bonds is 40. The lowest BCUT2D eigenvalue weighted by atomic mass is 9.96. The number of nitrogens with one attached hydrogen (secondary N) is 3. The van der Waals surface area contributed by atoms with Gasteiger partial charge in [0.1, 0.15) is 36.4 Å². The summed E-state index contributed by atoms with van der Waals surface area (Å²) in [4.78, 5) is 62.5. The molecule has 0 saturated carbocycles. The number of aliphatic hydroxyl groups excluding tert-OH is 4. The van der Waals surface area contributed by atoms with Gasteiger partial charge in [0.25, 0.3) is 0 Å². The van der Waals surface area contributed by atoms with Gasteiger partial charge in [-0.25, -0.2) is 0 Å². The Hall–Kier alpha value is -2.73. The minimum absolute atomic E-state index is 0.0735. The third kappa shape index (κ3) is 28.0. The largest absolute Gasteiger partial charge is 0.394 e. The molecule has 1 unspecified atom stereocenters. The molecule has 0 aromatic rings. The van der Waals surface area contributed by atoms with Crippen molar-refractivity contribution >= 4 is 29.7 Å². The first-order valence-electron chi connectivity index (χ1n) is 24.6. The summed E-state index contributed by atoms with van der Waals surface area (Å²) in [6.07, 6.45) is 21.8. The average Bonchev–Trinajstić information content (AvgIpc) is 3.25. The molecule has 1 aliphatic heterocycles. The molecule has 1 saturated heterocycles. The summed E-state index contributed by atoms with van der Waals surface area (Å²) in [5.41, 5.74) is 5.49. The molecule has 63 heavy (non-hydrogen) atoms. The van der Waals surface area contributed by atoms with Crippen molar-refractivity contribution in [2.75, 3.05) is 19.8 Å². The molecule has 0 aromatic carbocycles. The van der Waals surface area contributed by atoms with Crippen LogP contribution < -0.4 is 21.7 Å². The van der Waals surface area contributed by atoms with E-state index in [-0.39, 0.29) is 38.1 Å². The van der Waals surface area contributed by atoms with Crippen molar-refractivity contribution in [3.8, 4) is 0 Å². The maximum atomic E-state index is 13.0. The summed E-state index contributed by atoms with van der Waals surface area (Å²) in [6.45, 7) is 4.56. The van der Waals surface area contributed by atoms with E-state index < -0.39 is 85.8 Å². The highest BCUT2D eigenvalue weighted by atomic mass is 16.6. The molecule has 16 nitrogen and oxygen atoms in total.